The SMILES string of the molecule is Cl.N[C@H]1CCCCC/C=C\[C@@H]2C[C@@]2(C(=O)NS(=O)(=O)c2ccc(Cl)s2)NC(=O)[C@@H]2C[C@@H](OC(=O)N3Cc4cccc(Cl)c4C3)CN2C1=O. The molecule has 4 N–H and O–H groups in total. The summed E-state index contributed by atoms with van der Waals surface area (Å²) < 4.78 is 34.0. The molecular weight excluding hydrogens is 725 g/mol. The van der Waals surface area contributed by atoms with Gasteiger partial charge >= 0.3 is 6.09 Å². The molecule has 2 fully saturated rings. The average molecular weight is 761 g/mol. The van der Waals surface area contributed by atoms with Crippen molar-refractivity contribution >= 4 is 80.8 Å². The maximum atomic E-state index is 14.0. The normalized spacial score (nSPS) is 28.1. The largest absolute Gasteiger partial charge is 0.444 e. The summed E-state index contributed by atoms with van der Waals surface area (Å²) in [4.78, 5) is 57.2. The van der Waals surface area contributed by atoms with Gasteiger partial charge in [0.2, 0.25) is 11.8 Å². The van der Waals surface area contributed by atoms with E-state index in [2.05, 4.69) is 10.0 Å². The summed E-state index contributed by atoms with van der Waals surface area (Å²) in [7, 11) is -4.26. The number of thiophene rings is 1. The van der Waals surface area contributed by atoms with Crippen LogP contribution in [0.15, 0.2) is 46.7 Å². The highest BCUT2D eigenvalue weighted by atomic mass is 35.5. The van der Waals surface area contributed by atoms with Gasteiger partial charge in [-0.1, -0.05) is 60.3 Å². The number of carbonyl (C=O) groups is 4. The molecule has 1 saturated heterocycles. The van der Waals surface area contributed by atoms with Crippen LogP contribution in [0.2, 0.25) is 9.36 Å². The highest BCUT2D eigenvalue weighted by Gasteiger charge is 2.61. The van der Waals surface area contributed by atoms with Crippen molar-refractivity contribution in [2.75, 3.05) is 6.54 Å². The van der Waals surface area contributed by atoms with Crippen LogP contribution in [0, 0.1) is 5.92 Å². The van der Waals surface area contributed by atoms with E-state index in [9.17, 15) is 27.6 Å². The number of ether oxygens (including phenoxy) is 1. The fourth-order valence-electron chi connectivity index (χ4n) is 6.49. The lowest BCUT2D eigenvalue weighted by Gasteiger charge is -2.28. The Morgan fingerprint density at radius 3 is 2.62 bits per heavy atom. The van der Waals surface area contributed by atoms with Gasteiger partial charge in [-0.05, 0) is 55.0 Å². The lowest BCUT2D eigenvalue weighted by atomic mass is 10.1. The number of benzene rings is 1. The van der Waals surface area contributed by atoms with Crippen LogP contribution in [0.25, 0.3) is 0 Å². The minimum atomic E-state index is -4.26. The van der Waals surface area contributed by atoms with Crippen molar-refractivity contribution in [1.82, 2.24) is 19.8 Å². The molecule has 6 rings (SSSR count). The Morgan fingerprint density at radius 1 is 1.10 bits per heavy atom. The van der Waals surface area contributed by atoms with Gasteiger partial charge in [-0.25, -0.2) is 17.9 Å². The second kappa shape index (κ2) is 14.5. The molecule has 3 aliphatic heterocycles. The van der Waals surface area contributed by atoms with E-state index in [0.29, 0.717) is 30.8 Å². The van der Waals surface area contributed by atoms with Crippen molar-refractivity contribution in [3.8, 4) is 0 Å². The first-order chi connectivity index (χ1) is 22.4. The van der Waals surface area contributed by atoms with Crippen LogP contribution in [0.3, 0.4) is 0 Å². The van der Waals surface area contributed by atoms with Crippen LogP contribution in [0.1, 0.15) is 56.1 Å². The van der Waals surface area contributed by atoms with Crippen LogP contribution < -0.4 is 15.8 Å². The Balaban J connectivity index is 0.00000451. The highest BCUT2D eigenvalue weighted by Crippen LogP contribution is 2.46. The Bertz CT molecular complexity index is 1740. The summed E-state index contributed by atoms with van der Waals surface area (Å²) in [6.07, 6.45) is 5.96. The Hall–Kier alpha value is -2.88. The van der Waals surface area contributed by atoms with Gasteiger partial charge in [0.25, 0.3) is 15.9 Å². The quantitative estimate of drug-likeness (QED) is 0.391. The molecule has 4 amide bonds. The molecule has 48 heavy (non-hydrogen) atoms. The van der Waals surface area contributed by atoms with Gasteiger partial charge in [-0.15, -0.1) is 23.7 Å². The molecule has 0 spiro atoms. The Kier molecular flexibility index (Phi) is 11.0. The molecule has 12 nitrogen and oxygen atoms in total. The molecule has 0 unspecified atom stereocenters. The summed E-state index contributed by atoms with van der Waals surface area (Å²) in [6, 6.07) is 6.18. The van der Waals surface area contributed by atoms with E-state index < -0.39 is 63.5 Å². The number of nitrogens with one attached hydrogen (secondary N) is 2. The van der Waals surface area contributed by atoms with Crippen LogP contribution in [0.5, 0.6) is 0 Å². The molecule has 4 aliphatic rings. The van der Waals surface area contributed by atoms with E-state index in [1.54, 1.807) is 6.07 Å². The molecule has 1 aromatic heterocycles. The number of halogens is 3. The van der Waals surface area contributed by atoms with Gasteiger partial charge in [0.15, 0.2) is 0 Å². The lowest BCUT2D eigenvalue weighted by molar-refractivity contribution is -0.140. The first-order valence-corrected chi connectivity index (χ1v) is 18.5. The third-order valence-corrected chi connectivity index (χ3v) is 12.6. The summed E-state index contributed by atoms with van der Waals surface area (Å²) in [5.74, 6) is -2.48. The van der Waals surface area contributed by atoms with E-state index in [4.69, 9.17) is 33.7 Å². The molecule has 1 aromatic carbocycles. The van der Waals surface area contributed by atoms with Crippen molar-refractivity contribution in [2.45, 2.75) is 86.0 Å². The maximum Gasteiger partial charge on any atom is 0.410 e. The van der Waals surface area contributed by atoms with Crippen LogP contribution in [0.4, 0.5) is 4.79 Å². The molecule has 0 bridgehead atoms. The number of sulfonamides is 1. The zero-order chi connectivity index (χ0) is 33.5. The van der Waals surface area contributed by atoms with E-state index in [1.807, 2.05) is 24.3 Å². The van der Waals surface area contributed by atoms with Crippen LogP contribution in [-0.4, -0.2) is 72.3 Å². The summed E-state index contributed by atoms with van der Waals surface area (Å²) in [5.41, 5.74) is 6.49. The lowest BCUT2D eigenvalue weighted by Crippen LogP contribution is -2.57. The second-order valence-corrected chi connectivity index (χ2v) is 16.5. The summed E-state index contributed by atoms with van der Waals surface area (Å²) >= 11 is 13.0. The van der Waals surface area contributed by atoms with Crippen molar-refractivity contribution in [2.24, 2.45) is 11.7 Å². The first kappa shape index (κ1) is 36.4. The average Bonchev–Trinajstić information content (AvgIpc) is 3.41. The molecule has 17 heteroatoms. The molecule has 1 saturated carbocycles. The predicted molar refractivity (Wildman–Crippen MR) is 182 cm³/mol. The topological polar surface area (TPSA) is 168 Å². The molecule has 2 aromatic rings. The smallest absolute Gasteiger partial charge is 0.410 e. The molecule has 0 radical (unpaired) electrons. The van der Waals surface area contributed by atoms with Gasteiger partial charge in [-0.2, -0.15) is 0 Å². The Labute approximate surface area is 298 Å². The van der Waals surface area contributed by atoms with Crippen LogP contribution >= 0.6 is 46.9 Å². The third kappa shape index (κ3) is 7.48. The van der Waals surface area contributed by atoms with Gasteiger partial charge in [0.1, 0.15) is 21.9 Å². The van der Waals surface area contributed by atoms with Gasteiger partial charge in [0.05, 0.1) is 23.5 Å². The highest BCUT2D eigenvalue weighted by molar-refractivity contribution is 7.92. The van der Waals surface area contributed by atoms with Crippen molar-refractivity contribution in [3.63, 3.8) is 0 Å². The number of fused-ring (bicyclic) bond motifs is 3. The summed E-state index contributed by atoms with van der Waals surface area (Å²) in [5, 5.41) is 3.33. The molecule has 5 atom stereocenters. The fourth-order valence-corrected chi connectivity index (χ4v) is 9.27. The maximum absolute atomic E-state index is 14.0. The predicted octanol–water partition coefficient (Wildman–Crippen LogP) is 4.13. The van der Waals surface area contributed by atoms with Gasteiger partial charge < -0.3 is 20.7 Å². The monoisotopic (exact) mass is 759 g/mol. The number of allylic oxidation sites excluding steroid dienone is 1. The van der Waals surface area contributed by atoms with Crippen molar-refractivity contribution in [3.05, 3.63) is 63.0 Å². The first-order valence-electron chi connectivity index (χ1n) is 15.5. The number of nitrogens with two attached hydrogens (primary N) is 1. The summed E-state index contributed by atoms with van der Waals surface area (Å²) in [6.45, 7) is 0.519. The van der Waals surface area contributed by atoms with Crippen LogP contribution in [-0.2, 0) is 42.2 Å². The number of hydrogen-bond acceptors (Lipinski definition) is 9. The van der Waals surface area contributed by atoms with Crippen molar-refractivity contribution in [1.29, 1.82) is 0 Å². The van der Waals surface area contributed by atoms with Crippen molar-refractivity contribution < 1.29 is 32.3 Å². The number of amides is 4. The standard InChI is InChI=1S/C31H35Cl2N5O7S2.ClH/c32-22-9-6-7-18-15-37(17-21(18)22)30(42)45-20-13-24-27(39)35-31(29(41)36-47(43,44)26-12-11-25(33)46-26)14-19(31)8-4-2-1-3-5-10-23(34)28(40)38(24)16-20;/h4,6-9,11-12,19-20,23-24H,1-3,5,10,13-17,34H2,(H,35,39)(H,36,41);1H/b8-4-;/t19-,20-,23+,24+,31-;/m1./s1. The molecule has 1 aliphatic carbocycles. The van der Waals surface area contributed by atoms with E-state index in [-0.39, 0.29) is 46.9 Å². The van der Waals surface area contributed by atoms with Gasteiger partial charge in [-0.3, -0.25) is 19.3 Å². The van der Waals surface area contributed by atoms with E-state index in [1.165, 1.54) is 21.9 Å². The number of carbonyl (C=O) groups excluding carboxylic acids is 4. The van der Waals surface area contributed by atoms with E-state index >= 15 is 0 Å². The number of rotatable bonds is 4. The zero-order valence-electron chi connectivity index (χ0n) is 25.7. The Morgan fingerprint density at radius 2 is 1.90 bits per heavy atom. The van der Waals surface area contributed by atoms with E-state index in [0.717, 1.165) is 35.3 Å². The molecule has 4 heterocycles. The van der Waals surface area contributed by atoms with Gasteiger partial charge in [0, 0.05) is 23.9 Å². The third-order valence-electron chi connectivity index (χ3n) is 9.18. The zero-order valence-corrected chi connectivity index (χ0v) is 29.7. The molecular formula is C31H36Cl3N5O7S2. The molecule has 260 valence electrons. The fraction of sp³-hybridized carbons (Fsp3) is 0.484. The number of hydrogen-bond donors (Lipinski definition) is 3. The minimum Gasteiger partial charge on any atom is -0.444 e. The number of nitrogens with zero attached hydrogens (tertiary/aromatic N) is 2. The minimum absolute atomic E-state index is 0. The second-order valence-electron chi connectivity index (χ2n) is 12.4.